The van der Waals surface area contributed by atoms with E-state index in [2.05, 4.69) is 15.7 Å². The fourth-order valence-corrected chi connectivity index (χ4v) is 5.05. The van der Waals surface area contributed by atoms with Crippen LogP contribution in [-0.2, 0) is 14.8 Å². The molecule has 0 radical (unpaired) electrons. The molecule has 26 heavy (non-hydrogen) atoms. The fraction of sp³-hybridized carbons (Fsp3) is 0.444. The highest BCUT2D eigenvalue weighted by molar-refractivity contribution is 7.89. The Morgan fingerprint density at radius 2 is 2.08 bits per heavy atom. The standard InChI is InChI=1S/C18H24N2O4S2/c1-14-12-15(5-6-17(14)23-2)26(21,22)19-13-16(18-4-3-11-25-18)20-7-9-24-10-8-20/h3-6,11-12,16,19H,7-10,13H2,1-2H3/t16-/m0/s1. The molecule has 0 saturated carbocycles. The molecule has 142 valence electrons. The van der Waals surface area contributed by atoms with Gasteiger partial charge in [-0.3, -0.25) is 4.90 Å². The van der Waals surface area contributed by atoms with Crippen LogP contribution in [0.15, 0.2) is 40.6 Å². The minimum atomic E-state index is -3.59. The highest BCUT2D eigenvalue weighted by Gasteiger charge is 2.26. The molecule has 1 aromatic heterocycles. The summed E-state index contributed by atoms with van der Waals surface area (Å²) in [5.41, 5.74) is 0.790. The van der Waals surface area contributed by atoms with Crippen molar-refractivity contribution in [1.29, 1.82) is 0 Å². The van der Waals surface area contributed by atoms with Gasteiger partial charge in [0.2, 0.25) is 10.0 Å². The maximum atomic E-state index is 12.7. The Morgan fingerprint density at radius 1 is 1.31 bits per heavy atom. The molecule has 0 bridgehead atoms. The first kappa shape index (κ1) is 19.3. The number of rotatable bonds is 7. The summed E-state index contributed by atoms with van der Waals surface area (Å²) in [5, 5.41) is 2.02. The van der Waals surface area contributed by atoms with Crippen LogP contribution < -0.4 is 9.46 Å². The number of benzene rings is 1. The highest BCUT2D eigenvalue weighted by atomic mass is 32.2. The average Bonchev–Trinajstić information content (AvgIpc) is 3.17. The van der Waals surface area contributed by atoms with Gasteiger partial charge in [-0.2, -0.15) is 0 Å². The number of aryl methyl sites for hydroxylation is 1. The van der Waals surface area contributed by atoms with Crippen molar-refractivity contribution in [1.82, 2.24) is 9.62 Å². The van der Waals surface area contributed by atoms with Crippen molar-refractivity contribution in [3.05, 3.63) is 46.2 Å². The molecule has 0 amide bonds. The van der Waals surface area contributed by atoms with Gasteiger partial charge in [-0.25, -0.2) is 13.1 Å². The van der Waals surface area contributed by atoms with E-state index in [1.807, 2.05) is 18.4 Å². The molecule has 1 N–H and O–H groups in total. The molecule has 0 spiro atoms. The maximum Gasteiger partial charge on any atom is 0.240 e. The lowest BCUT2D eigenvalue weighted by atomic mass is 10.2. The molecule has 2 aromatic rings. The van der Waals surface area contributed by atoms with Crippen LogP contribution in [0.2, 0.25) is 0 Å². The van der Waals surface area contributed by atoms with Gasteiger partial charge in [-0.1, -0.05) is 6.07 Å². The molecule has 1 aromatic carbocycles. The second kappa shape index (κ2) is 8.49. The van der Waals surface area contributed by atoms with Gasteiger partial charge in [0.1, 0.15) is 5.75 Å². The lowest BCUT2D eigenvalue weighted by Crippen LogP contribution is -2.43. The summed E-state index contributed by atoms with van der Waals surface area (Å²) in [7, 11) is -2.02. The molecule has 0 unspecified atom stereocenters. The lowest BCUT2D eigenvalue weighted by molar-refractivity contribution is 0.0179. The second-order valence-corrected chi connectivity index (χ2v) is 8.91. The number of ether oxygens (including phenoxy) is 2. The molecular formula is C18H24N2O4S2. The number of hydrogen-bond acceptors (Lipinski definition) is 6. The van der Waals surface area contributed by atoms with E-state index in [0.29, 0.717) is 25.5 Å². The molecular weight excluding hydrogens is 372 g/mol. The summed E-state index contributed by atoms with van der Waals surface area (Å²) in [6, 6.07) is 8.95. The molecule has 1 aliphatic heterocycles. The van der Waals surface area contributed by atoms with Crippen molar-refractivity contribution in [2.45, 2.75) is 17.9 Å². The van der Waals surface area contributed by atoms with Gasteiger partial charge in [-0.15, -0.1) is 11.3 Å². The summed E-state index contributed by atoms with van der Waals surface area (Å²) < 4.78 is 38.9. The van der Waals surface area contributed by atoms with E-state index in [4.69, 9.17) is 9.47 Å². The SMILES string of the molecule is COc1ccc(S(=O)(=O)NC[C@@H](c2cccs2)N2CCOCC2)cc1C. The van der Waals surface area contributed by atoms with Gasteiger partial charge >= 0.3 is 0 Å². The van der Waals surface area contributed by atoms with Crippen molar-refractivity contribution < 1.29 is 17.9 Å². The zero-order chi connectivity index (χ0) is 18.6. The van der Waals surface area contributed by atoms with Gasteiger partial charge in [0.25, 0.3) is 0 Å². The van der Waals surface area contributed by atoms with Crippen LogP contribution in [0.4, 0.5) is 0 Å². The van der Waals surface area contributed by atoms with Gasteiger partial charge in [0, 0.05) is 24.5 Å². The van der Waals surface area contributed by atoms with Crippen LogP contribution >= 0.6 is 11.3 Å². The maximum absolute atomic E-state index is 12.7. The van der Waals surface area contributed by atoms with Crippen molar-refractivity contribution in [2.24, 2.45) is 0 Å². The van der Waals surface area contributed by atoms with E-state index in [9.17, 15) is 8.42 Å². The summed E-state index contributed by atoms with van der Waals surface area (Å²) in [6.45, 7) is 5.10. The van der Waals surface area contributed by atoms with Crippen LogP contribution in [0.5, 0.6) is 5.75 Å². The van der Waals surface area contributed by atoms with E-state index in [0.717, 1.165) is 23.5 Å². The van der Waals surface area contributed by atoms with Gasteiger partial charge in [0.05, 0.1) is 31.3 Å². The van der Waals surface area contributed by atoms with Gasteiger partial charge in [-0.05, 0) is 42.1 Å². The Kier molecular flexibility index (Phi) is 6.31. The Labute approximate surface area is 158 Å². The highest BCUT2D eigenvalue weighted by Crippen LogP contribution is 2.26. The first-order valence-electron chi connectivity index (χ1n) is 8.51. The molecule has 1 atom stereocenters. The molecule has 1 saturated heterocycles. The number of hydrogen-bond donors (Lipinski definition) is 1. The zero-order valence-corrected chi connectivity index (χ0v) is 16.6. The van der Waals surface area contributed by atoms with Gasteiger partial charge in [0.15, 0.2) is 0 Å². The molecule has 3 rings (SSSR count). The van der Waals surface area contributed by atoms with Crippen LogP contribution in [0.25, 0.3) is 0 Å². The zero-order valence-electron chi connectivity index (χ0n) is 15.0. The quantitative estimate of drug-likeness (QED) is 0.778. The molecule has 1 fully saturated rings. The van der Waals surface area contributed by atoms with Crippen LogP contribution in [0.1, 0.15) is 16.5 Å². The number of methoxy groups -OCH3 is 1. The van der Waals surface area contributed by atoms with Crippen LogP contribution in [0, 0.1) is 6.92 Å². The van der Waals surface area contributed by atoms with E-state index >= 15 is 0 Å². The first-order chi connectivity index (χ1) is 12.5. The smallest absolute Gasteiger partial charge is 0.240 e. The van der Waals surface area contributed by atoms with Crippen LogP contribution in [-0.4, -0.2) is 53.3 Å². The molecule has 2 heterocycles. The third-order valence-electron chi connectivity index (χ3n) is 4.50. The Bertz CT molecular complexity index is 816. The monoisotopic (exact) mass is 396 g/mol. The van der Waals surface area contributed by atoms with Gasteiger partial charge < -0.3 is 9.47 Å². The predicted molar refractivity (Wildman–Crippen MR) is 102 cm³/mol. The summed E-state index contributed by atoms with van der Waals surface area (Å²) in [6.07, 6.45) is 0. The summed E-state index contributed by atoms with van der Waals surface area (Å²) in [4.78, 5) is 3.68. The van der Waals surface area contributed by atoms with E-state index in [1.54, 1.807) is 36.6 Å². The average molecular weight is 397 g/mol. The fourth-order valence-electron chi connectivity index (χ4n) is 3.07. The van der Waals surface area contributed by atoms with Crippen molar-refractivity contribution in [3.63, 3.8) is 0 Å². The lowest BCUT2D eigenvalue weighted by Gasteiger charge is -2.34. The number of thiophene rings is 1. The first-order valence-corrected chi connectivity index (χ1v) is 10.9. The Morgan fingerprint density at radius 3 is 2.69 bits per heavy atom. The number of nitrogens with one attached hydrogen (secondary N) is 1. The van der Waals surface area contributed by atoms with E-state index in [-0.39, 0.29) is 10.9 Å². The van der Waals surface area contributed by atoms with E-state index < -0.39 is 10.0 Å². The molecule has 1 aliphatic rings. The topological polar surface area (TPSA) is 67.9 Å². The van der Waals surface area contributed by atoms with E-state index in [1.165, 1.54) is 0 Å². The normalized spacial score (nSPS) is 17.2. The Hall–Kier alpha value is -1.45. The van der Waals surface area contributed by atoms with Crippen molar-refractivity contribution >= 4 is 21.4 Å². The Balaban J connectivity index is 1.76. The van der Waals surface area contributed by atoms with Crippen molar-refractivity contribution in [2.75, 3.05) is 40.0 Å². The molecule has 6 nitrogen and oxygen atoms in total. The van der Waals surface area contributed by atoms with Crippen molar-refractivity contribution in [3.8, 4) is 5.75 Å². The predicted octanol–water partition coefficient (Wildman–Crippen LogP) is 2.42. The van der Waals surface area contributed by atoms with Crippen LogP contribution in [0.3, 0.4) is 0 Å². The summed E-state index contributed by atoms with van der Waals surface area (Å²) >= 11 is 1.64. The largest absolute Gasteiger partial charge is 0.496 e. The third-order valence-corrected chi connectivity index (χ3v) is 6.90. The number of nitrogens with zero attached hydrogens (tertiary/aromatic N) is 1. The minimum absolute atomic E-state index is 0.00743. The molecule has 0 aliphatic carbocycles. The minimum Gasteiger partial charge on any atom is -0.496 e. The number of sulfonamides is 1. The number of morpholine rings is 1. The molecule has 8 heteroatoms. The second-order valence-electron chi connectivity index (χ2n) is 6.16. The third kappa shape index (κ3) is 4.44. The summed E-state index contributed by atoms with van der Waals surface area (Å²) in [5.74, 6) is 0.675.